The standard InChI is InChI=1S/C28H28N2O3/c1-3-33-26-15-9-5-11-20(26)28-27-23(29-21-12-6-7-13-22(21)30-28)16-18(17-24(27)31)19-10-4-8-14-25(19)32-2/h4-15,18,28-30H,3,16-17H2,1-2H3. The van der Waals surface area contributed by atoms with Gasteiger partial charge in [0.05, 0.1) is 31.1 Å². The van der Waals surface area contributed by atoms with E-state index in [1.54, 1.807) is 7.11 Å². The van der Waals surface area contributed by atoms with Gasteiger partial charge in [0, 0.05) is 29.2 Å². The summed E-state index contributed by atoms with van der Waals surface area (Å²) in [6, 6.07) is 23.7. The van der Waals surface area contributed by atoms with Crippen LogP contribution in [0.2, 0.25) is 0 Å². The second kappa shape index (κ2) is 9.02. The van der Waals surface area contributed by atoms with Gasteiger partial charge < -0.3 is 20.1 Å². The van der Waals surface area contributed by atoms with Crippen molar-refractivity contribution in [3.8, 4) is 11.5 Å². The highest BCUT2D eigenvalue weighted by molar-refractivity contribution is 6.01. The fourth-order valence-corrected chi connectivity index (χ4v) is 4.96. The molecule has 5 rings (SSSR count). The van der Waals surface area contributed by atoms with Gasteiger partial charge in [-0.15, -0.1) is 0 Å². The maximum absolute atomic E-state index is 13.7. The first-order valence-electron chi connectivity index (χ1n) is 11.4. The van der Waals surface area contributed by atoms with Crippen molar-refractivity contribution in [1.82, 2.24) is 0 Å². The molecule has 0 amide bonds. The van der Waals surface area contributed by atoms with E-state index in [1.807, 2.05) is 73.7 Å². The average molecular weight is 441 g/mol. The van der Waals surface area contributed by atoms with Crippen LogP contribution >= 0.6 is 0 Å². The molecule has 2 aliphatic rings. The summed E-state index contributed by atoms with van der Waals surface area (Å²) in [4.78, 5) is 13.7. The van der Waals surface area contributed by atoms with Crippen molar-refractivity contribution in [2.24, 2.45) is 0 Å². The first-order chi connectivity index (χ1) is 16.2. The topological polar surface area (TPSA) is 59.6 Å². The highest BCUT2D eigenvalue weighted by atomic mass is 16.5. The summed E-state index contributed by atoms with van der Waals surface area (Å²) in [7, 11) is 1.68. The van der Waals surface area contributed by atoms with E-state index in [0.29, 0.717) is 13.0 Å². The number of ketones is 1. The fraction of sp³-hybridized carbons (Fsp3) is 0.250. The normalized spacial score (nSPS) is 19.5. The minimum absolute atomic E-state index is 0.0490. The number of carbonyl (C=O) groups is 1. The number of allylic oxidation sites excluding steroid dienone is 1. The smallest absolute Gasteiger partial charge is 0.163 e. The van der Waals surface area contributed by atoms with Crippen molar-refractivity contribution in [3.63, 3.8) is 0 Å². The zero-order valence-electron chi connectivity index (χ0n) is 18.9. The van der Waals surface area contributed by atoms with Crippen LogP contribution in [0.5, 0.6) is 11.5 Å². The Kier molecular flexibility index (Phi) is 5.78. The molecule has 0 saturated carbocycles. The molecule has 5 nitrogen and oxygen atoms in total. The van der Waals surface area contributed by atoms with E-state index < -0.39 is 0 Å². The summed E-state index contributed by atoms with van der Waals surface area (Å²) in [5.74, 6) is 1.80. The molecule has 2 atom stereocenters. The first-order valence-corrected chi connectivity index (χ1v) is 11.4. The second-order valence-corrected chi connectivity index (χ2v) is 8.38. The Morgan fingerprint density at radius 3 is 2.27 bits per heavy atom. The molecule has 2 unspecified atom stereocenters. The molecule has 0 aromatic heterocycles. The van der Waals surface area contributed by atoms with Crippen LogP contribution in [0.15, 0.2) is 84.1 Å². The molecular formula is C28H28N2O3. The van der Waals surface area contributed by atoms with Gasteiger partial charge in [0.25, 0.3) is 0 Å². The highest BCUT2D eigenvalue weighted by Gasteiger charge is 2.37. The Bertz CT molecular complexity index is 1220. The largest absolute Gasteiger partial charge is 0.496 e. The zero-order chi connectivity index (χ0) is 22.8. The lowest BCUT2D eigenvalue weighted by molar-refractivity contribution is -0.116. The Balaban J connectivity index is 1.63. The number of anilines is 2. The van der Waals surface area contributed by atoms with Crippen LogP contribution in [0, 0.1) is 0 Å². The van der Waals surface area contributed by atoms with Gasteiger partial charge in [-0.1, -0.05) is 48.5 Å². The Hall–Kier alpha value is -3.73. The number of carbonyl (C=O) groups excluding carboxylic acids is 1. The Morgan fingerprint density at radius 1 is 0.848 bits per heavy atom. The molecule has 5 heteroatoms. The van der Waals surface area contributed by atoms with Crippen LogP contribution in [0.4, 0.5) is 11.4 Å². The lowest BCUT2D eigenvalue weighted by Gasteiger charge is -2.31. The van der Waals surface area contributed by atoms with Gasteiger partial charge in [-0.25, -0.2) is 0 Å². The third-order valence-electron chi connectivity index (χ3n) is 6.42. The SMILES string of the molecule is CCOc1ccccc1C1Nc2ccccc2NC2=C1C(=O)CC(c1ccccc1OC)C2. The van der Waals surface area contributed by atoms with Crippen LogP contribution in [0.3, 0.4) is 0 Å². The molecule has 1 heterocycles. The minimum Gasteiger partial charge on any atom is -0.496 e. The van der Waals surface area contributed by atoms with E-state index >= 15 is 0 Å². The van der Waals surface area contributed by atoms with Crippen molar-refractivity contribution < 1.29 is 14.3 Å². The lowest BCUT2D eigenvalue weighted by Crippen LogP contribution is -2.27. The number of benzene rings is 3. The third-order valence-corrected chi connectivity index (χ3v) is 6.42. The van der Waals surface area contributed by atoms with Crippen molar-refractivity contribution in [1.29, 1.82) is 0 Å². The quantitative estimate of drug-likeness (QED) is 0.504. The van der Waals surface area contributed by atoms with E-state index in [4.69, 9.17) is 9.47 Å². The Labute approximate surface area is 194 Å². The maximum Gasteiger partial charge on any atom is 0.163 e. The summed E-state index contributed by atoms with van der Waals surface area (Å²) in [5, 5.41) is 7.23. The van der Waals surface area contributed by atoms with Gasteiger partial charge in [-0.3, -0.25) is 4.79 Å². The number of ether oxygens (including phenoxy) is 2. The monoisotopic (exact) mass is 440 g/mol. The van der Waals surface area contributed by atoms with Crippen molar-refractivity contribution in [2.75, 3.05) is 24.4 Å². The molecule has 2 N–H and O–H groups in total. The fourth-order valence-electron chi connectivity index (χ4n) is 4.96. The number of nitrogens with one attached hydrogen (secondary N) is 2. The third kappa shape index (κ3) is 3.95. The van der Waals surface area contributed by atoms with Crippen LogP contribution < -0.4 is 20.1 Å². The number of para-hydroxylation sites is 4. The zero-order valence-corrected chi connectivity index (χ0v) is 18.9. The van der Waals surface area contributed by atoms with E-state index in [0.717, 1.165) is 51.7 Å². The molecule has 1 aliphatic heterocycles. The molecule has 0 bridgehead atoms. The predicted molar refractivity (Wildman–Crippen MR) is 131 cm³/mol. The summed E-state index contributed by atoms with van der Waals surface area (Å²) in [6.45, 7) is 2.54. The molecule has 0 fully saturated rings. The van der Waals surface area contributed by atoms with Crippen LogP contribution in [0.1, 0.15) is 42.9 Å². The van der Waals surface area contributed by atoms with Gasteiger partial charge >= 0.3 is 0 Å². The highest BCUT2D eigenvalue weighted by Crippen LogP contribution is 2.46. The number of hydrogen-bond acceptors (Lipinski definition) is 5. The van der Waals surface area contributed by atoms with Gasteiger partial charge in [0.1, 0.15) is 11.5 Å². The van der Waals surface area contributed by atoms with Crippen LogP contribution in [-0.4, -0.2) is 19.5 Å². The number of fused-ring (bicyclic) bond motifs is 1. The van der Waals surface area contributed by atoms with E-state index in [1.165, 1.54) is 0 Å². The number of Topliss-reactive ketones (excluding diaryl/α,β-unsaturated/α-hetero) is 1. The molecule has 0 saturated heterocycles. The molecule has 3 aromatic carbocycles. The molecular weight excluding hydrogens is 412 g/mol. The molecule has 3 aromatic rings. The second-order valence-electron chi connectivity index (χ2n) is 8.38. The number of methoxy groups -OCH3 is 1. The number of hydrogen-bond donors (Lipinski definition) is 2. The molecule has 0 spiro atoms. The van der Waals surface area contributed by atoms with E-state index in [9.17, 15) is 4.79 Å². The van der Waals surface area contributed by atoms with Gasteiger partial charge in [0.2, 0.25) is 0 Å². The van der Waals surface area contributed by atoms with Crippen molar-refractivity contribution >= 4 is 17.2 Å². The van der Waals surface area contributed by atoms with E-state index in [2.05, 4.69) is 16.7 Å². The van der Waals surface area contributed by atoms with Crippen molar-refractivity contribution in [2.45, 2.75) is 31.7 Å². The van der Waals surface area contributed by atoms with Gasteiger partial charge in [-0.2, -0.15) is 0 Å². The van der Waals surface area contributed by atoms with E-state index in [-0.39, 0.29) is 17.7 Å². The van der Waals surface area contributed by atoms with Gasteiger partial charge in [-0.05, 0) is 43.2 Å². The predicted octanol–water partition coefficient (Wildman–Crippen LogP) is 6.07. The molecule has 168 valence electrons. The molecule has 1 aliphatic carbocycles. The molecule has 33 heavy (non-hydrogen) atoms. The molecule has 0 radical (unpaired) electrons. The summed E-state index contributed by atoms with van der Waals surface area (Å²) >= 11 is 0. The minimum atomic E-state index is -0.301. The van der Waals surface area contributed by atoms with Crippen molar-refractivity contribution in [3.05, 3.63) is 95.2 Å². The first kappa shape index (κ1) is 21.1. The number of rotatable bonds is 5. The summed E-state index contributed by atoms with van der Waals surface area (Å²) in [5.41, 5.74) is 5.70. The Morgan fingerprint density at radius 2 is 1.52 bits per heavy atom. The maximum atomic E-state index is 13.7. The summed E-state index contributed by atoms with van der Waals surface area (Å²) in [6.07, 6.45) is 1.16. The summed E-state index contributed by atoms with van der Waals surface area (Å²) < 4.78 is 11.6. The average Bonchev–Trinajstić information content (AvgIpc) is 3.01. The van der Waals surface area contributed by atoms with Gasteiger partial charge in [0.15, 0.2) is 5.78 Å². The van der Waals surface area contributed by atoms with Crippen LogP contribution in [0.25, 0.3) is 0 Å². The lowest BCUT2D eigenvalue weighted by atomic mass is 9.78. The van der Waals surface area contributed by atoms with Crippen LogP contribution in [-0.2, 0) is 4.79 Å².